The van der Waals surface area contributed by atoms with Gasteiger partial charge in [-0.15, -0.1) is 0 Å². The predicted molar refractivity (Wildman–Crippen MR) is 103 cm³/mol. The van der Waals surface area contributed by atoms with Crippen LogP contribution in [0.4, 0.5) is 10.5 Å². The number of phenols is 1. The van der Waals surface area contributed by atoms with Gasteiger partial charge < -0.3 is 20.1 Å². The zero-order valence-corrected chi connectivity index (χ0v) is 15.4. The molecule has 0 spiro atoms. The smallest absolute Gasteiger partial charge is 0.321 e. The van der Waals surface area contributed by atoms with Crippen LogP contribution in [0.2, 0.25) is 0 Å². The molecule has 2 amide bonds. The number of ketones is 1. The lowest BCUT2D eigenvalue weighted by Gasteiger charge is -2.31. The van der Waals surface area contributed by atoms with Crippen LogP contribution in [-0.4, -0.2) is 41.5 Å². The number of urea groups is 1. The maximum absolute atomic E-state index is 12.6. The summed E-state index contributed by atoms with van der Waals surface area (Å²) in [7, 11) is 0. The van der Waals surface area contributed by atoms with Crippen molar-refractivity contribution in [2.75, 3.05) is 25.0 Å². The molecule has 0 aliphatic carbocycles. The summed E-state index contributed by atoms with van der Waals surface area (Å²) < 4.78 is 5.45. The molecular formula is C21H24N2O4. The van der Waals surface area contributed by atoms with E-state index in [0.717, 1.165) is 0 Å². The molecule has 0 radical (unpaired) electrons. The Labute approximate surface area is 158 Å². The van der Waals surface area contributed by atoms with E-state index >= 15 is 0 Å². The minimum atomic E-state index is -0.167. The van der Waals surface area contributed by atoms with E-state index in [1.54, 1.807) is 23.1 Å². The summed E-state index contributed by atoms with van der Waals surface area (Å²) in [5.74, 6) is 0.833. The Kier molecular flexibility index (Phi) is 5.96. The Balaban J connectivity index is 1.54. The predicted octanol–water partition coefficient (Wildman–Crippen LogP) is 3.92. The van der Waals surface area contributed by atoms with E-state index in [9.17, 15) is 14.7 Å². The molecular weight excluding hydrogens is 344 g/mol. The number of rotatable bonds is 5. The number of Topliss-reactive ketones (excluding diaryl/α,β-unsaturated/α-hetero) is 1. The lowest BCUT2D eigenvalue weighted by atomic mass is 9.89. The second kappa shape index (κ2) is 8.58. The largest absolute Gasteiger partial charge is 0.508 e. The zero-order chi connectivity index (χ0) is 19.2. The number of benzene rings is 2. The lowest BCUT2D eigenvalue weighted by molar-refractivity contribution is 0.0859. The van der Waals surface area contributed by atoms with Crippen molar-refractivity contribution in [1.82, 2.24) is 4.90 Å². The summed E-state index contributed by atoms with van der Waals surface area (Å²) in [5, 5.41) is 12.2. The van der Waals surface area contributed by atoms with Crippen LogP contribution in [0, 0.1) is 5.92 Å². The van der Waals surface area contributed by atoms with E-state index in [0.29, 0.717) is 49.5 Å². The summed E-state index contributed by atoms with van der Waals surface area (Å²) in [4.78, 5) is 26.8. The number of likely N-dealkylation sites (tertiary alicyclic amines) is 1. The number of nitrogens with one attached hydrogen (secondary N) is 1. The molecule has 0 unspecified atom stereocenters. The van der Waals surface area contributed by atoms with Crippen molar-refractivity contribution in [3.8, 4) is 11.5 Å². The van der Waals surface area contributed by atoms with Gasteiger partial charge in [-0.3, -0.25) is 4.79 Å². The Morgan fingerprint density at radius 1 is 1.15 bits per heavy atom. The van der Waals surface area contributed by atoms with E-state index < -0.39 is 0 Å². The molecule has 27 heavy (non-hydrogen) atoms. The number of anilines is 1. The first kappa shape index (κ1) is 18.8. The van der Waals surface area contributed by atoms with Gasteiger partial charge in [-0.05, 0) is 56.2 Å². The molecule has 2 aromatic carbocycles. The van der Waals surface area contributed by atoms with E-state index in [2.05, 4.69) is 5.32 Å². The van der Waals surface area contributed by atoms with Crippen LogP contribution in [-0.2, 0) is 0 Å². The van der Waals surface area contributed by atoms with Crippen molar-refractivity contribution < 1.29 is 19.4 Å². The highest BCUT2D eigenvalue weighted by atomic mass is 16.5. The summed E-state index contributed by atoms with van der Waals surface area (Å²) in [5.41, 5.74) is 1.29. The number of hydrogen-bond acceptors (Lipinski definition) is 4. The van der Waals surface area contributed by atoms with Gasteiger partial charge in [-0.25, -0.2) is 4.79 Å². The Morgan fingerprint density at radius 3 is 2.52 bits per heavy atom. The van der Waals surface area contributed by atoms with Crippen molar-refractivity contribution in [2.24, 2.45) is 5.92 Å². The first-order valence-electron chi connectivity index (χ1n) is 9.19. The zero-order valence-electron chi connectivity index (χ0n) is 15.4. The standard InChI is InChI=1S/C21H24N2O4/c1-2-27-19-5-3-4-17(14-19)22-21(26)23-12-10-16(11-13-23)20(25)15-6-8-18(24)9-7-15/h3-9,14,16,24H,2,10-13H2,1H3,(H,22,26). The minimum Gasteiger partial charge on any atom is -0.508 e. The molecule has 1 aliphatic rings. The molecule has 6 nitrogen and oxygen atoms in total. The number of nitrogens with zero attached hydrogens (tertiary/aromatic N) is 1. The number of hydrogen-bond donors (Lipinski definition) is 2. The molecule has 1 heterocycles. The van der Waals surface area contributed by atoms with Crippen LogP contribution >= 0.6 is 0 Å². The monoisotopic (exact) mass is 368 g/mol. The minimum absolute atomic E-state index is 0.0690. The molecule has 1 aliphatic heterocycles. The highest BCUT2D eigenvalue weighted by molar-refractivity contribution is 5.98. The third-order valence-corrected chi connectivity index (χ3v) is 4.70. The molecule has 3 rings (SSSR count). The van der Waals surface area contributed by atoms with Gasteiger partial charge in [-0.1, -0.05) is 6.07 Å². The second-order valence-electron chi connectivity index (χ2n) is 6.56. The van der Waals surface area contributed by atoms with Gasteiger partial charge in [-0.2, -0.15) is 0 Å². The number of phenolic OH excluding ortho intramolecular Hbond substituents is 1. The van der Waals surface area contributed by atoms with Crippen molar-refractivity contribution >= 4 is 17.5 Å². The Bertz CT molecular complexity index is 796. The first-order chi connectivity index (χ1) is 13.1. The van der Waals surface area contributed by atoms with Crippen molar-refractivity contribution in [3.05, 3.63) is 54.1 Å². The average molecular weight is 368 g/mol. The molecule has 2 N–H and O–H groups in total. The number of carbonyl (C=O) groups excluding carboxylic acids is 2. The van der Waals surface area contributed by atoms with Crippen LogP contribution in [0.25, 0.3) is 0 Å². The van der Waals surface area contributed by atoms with E-state index in [4.69, 9.17) is 4.74 Å². The number of piperidine rings is 1. The summed E-state index contributed by atoms with van der Waals surface area (Å²) in [6.45, 7) is 3.55. The van der Waals surface area contributed by atoms with Gasteiger partial charge in [0.05, 0.1) is 6.61 Å². The average Bonchev–Trinajstić information content (AvgIpc) is 2.69. The summed E-state index contributed by atoms with van der Waals surface area (Å²) in [6.07, 6.45) is 1.26. The quantitative estimate of drug-likeness (QED) is 0.784. The lowest BCUT2D eigenvalue weighted by Crippen LogP contribution is -2.42. The highest BCUT2D eigenvalue weighted by Gasteiger charge is 2.28. The maximum Gasteiger partial charge on any atom is 0.321 e. The molecule has 0 saturated carbocycles. The number of carbonyl (C=O) groups is 2. The maximum atomic E-state index is 12.6. The Morgan fingerprint density at radius 2 is 1.85 bits per heavy atom. The fraction of sp³-hybridized carbons (Fsp3) is 0.333. The summed E-state index contributed by atoms with van der Waals surface area (Å²) in [6, 6.07) is 13.5. The molecule has 2 aromatic rings. The van der Waals surface area contributed by atoms with E-state index in [-0.39, 0.29) is 23.5 Å². The fourth-order valence-electron chi connectivity index (χ4n) is 3.24. The van der Waals surface area contributed by atoms with Crippen LogP contribution in [0.3, 0.4) is 0 Å². The van der Waals surface area contributed by atoms with Gasteiger partial charge in [0.1, 0.15) is 11.5 Å². The number of aromatic hydroxyl groups is 1. The first-order valence-corrected chi connectivity index (χ1v) is 9.19. The highest BCUT2D eigenvalue weighted by Crippen LogP contribution is 2.24. The molecule has 6 heteroatoms. The third kappa shape index (κ3) is 4.78. The number of ether oxygens (including phenoxy) is 1. The van der Waals surface area contributed by atoms with Crippen LogP contribution in [0.15, 0.2) is 48.5 Å². The van der Waals surface area contributed by atoms with E-state index in [1.165, 1.54) is 12.1 Å². The van der Waals surface area contributed by atoms with E-state index in [1.807, 2.05) is 25.1 Å². The second-order valence-corrected chi connectivity index (χ2v) is 6.56. The van der Waals surface area contributed by atoms with Gasteiger partial charge >= 0.3 is 6.03 Å². The third-order valence-electron chi connectivity index (χ3n) is 4.70. The van der Waals surface area contributed by atoms with Crippen LogP contribution in [0.1, 0.15) is 30.1 Å². The van der Waals surface area contributed by atoms with Gasteiger partial charge in [0.15, 0.2) is 5.78 Å². The van der Waals surface area contributed by atoms with Crippen LogP contribution in [0.5, 0.6) is 11.5 Å². The van der Waals surface area contributed by atoms with Crippen LogP contribution < -0.4 is 10.1 Å². The number of amides is 2. The van der Waals surface area contributed by atoms with Crippen molar-refractivity contribution in [1.29, 1.82) is 0 Å². The van der Waals surface area contributed by atoms with Gasteiger partial charge in [0.25, 0.3) is 0 Å². The normalized spacial score (nSPS) is 14.6. The molecule has 142 valence electrons. The van der Waals surface area contributed by atoms with Gasteiger partial charge in [0, 0.05) is 36.3 Å². The summed E-state index contributed by atoms with van der Waals surface area (Å²) >= 11 is 0. The van der Waals surface area contributed by atoms with Crippen molar-refractivity contribution in [3.63, 3.8) is 0 Å². The SMILES string of the molecule is CCOc1cccc(NC(=O)N2CCC(C(=O)c3ccc(O)cc3)CC2)c1. The topological polar surface area (TPSA) is 78.9 Å². The molecule has 0 bridgehead atoms. The molecule has 1 saturated heterocycles. The molecule has 0 aromatic heterocycles. The molecule has 1 fully saturated rings. The molecule has 0 atom stereocenters. The fourth-order valence-corrected chi connectivity index (χ4v) is 3.24. The Hall–Kier alpha value is -3.02. The van der Waals surface area contributed by atoms with Gasteiger partial charge in [0.2, 0.25) is 0 Å². The van der Waals surface area contributed by atoms with Crippen molar-refractivity contribution in [2.45, 2.75) is 19.8 Å².